The molecule has 146 valence electrons. The van der Waals surface area contributed by atoms with Gasteiger partial charge >= 0.3 is 0 Å². The van der Waals surface area contributed by atoms with Crippen molar-refractivity contribution < 1.29 is 4.79 Å². The van der Waals surface area contributed by atoms with Crippen LogP contribution in [-0.4, -0.2) is 30.4 Å². The zero-order valence-corrected chi connectivity index (χ0v) is 16.9. The van der Waals surface area contributed by atoms with Crippen LogP contribution in [0.1, 0.15) is 57.4 Å². The highest BCUT2D eigenvalue weighted by atomic mass is 16.1. The molecule has 0 bridgehead atoms. The summed E-state index contributed by atoms with van der Waals surface area (Å²) in [6.07, 6.45) is 5.56. The van der Waals surface area contributed by atoms with E-state index in [1.807, 2.05) is 30.3 Å². The molecule has 3 nitrogen and oxygen atoms in total. The lowest BCUT2D eigenvalue weighted by Crippen LogP contribution is -2.31. The van der Waals surface area contributed by atoms with Gasteiger partial charge in [0.05, 0.1) is 5.92 Å². The molecule has 1 amide bonds. The monoisotopic (exact) mass is 366 g/mol. The Morgan fingerprint density at radius 3 is 2.07 bits per heavy atom. The summed E-state index contributed by atoms with van der Waals surface area (Å²) in [6, 6.07) is 18.4. The fourth-order valence-corrected chi connectivity index (χ4v) is 3.54. The Kier molecular flexibility index (Phi) is 9.06. The van der Waals surface area contributed by atoms with Crippen molar-refractivity contribution in [3.05, 3.63) is 60.2 Å². The van der Waals surface area contributed by atoms with Gasteiger partial charge in [0.25, 0.3) is 0 Å². The maximum Gasteiger partial charge on any atom is 0.225 e. The number of nitrogens with zero attached hydrogens (tertiary/aromatic N) is 1. The molecule has 2 N–H and O–H groups in total. The molecule has 0 heterocycles. The molecule has 27 heavy (non-hydrogen) atoms. The molecule has 2 rings (SSSR count). The Bertz CT molecular complexity index is 676. The molecule has 0 fully saturated rings. The number of amides is 1. The van der Waals surface area contributed by atoms with Crippen molar-refractivity contribution in [2.24, 2.45) is 5.73 Å². The first kappa shape index (κ1) is 21.2. The minimum atomic E-state index is -0.257. The summed E-state index contributed by atoms with van der Waals surface area (Å²) in [6.45, 7) is 7.56. The van der Waals surface area contributed by atoms with Gasteiger partial charge < -0.3 is 10.6 Å². The number of hydrogen-bond donors (Lipinski definition) is 1. The van der Waals surface area contributed by atoms with Crippen molar-refractivity contribution in [1.29, 1.82) is 0 Å². The van der Waals surface area contributed by atoms with Crippen molar-refractivity contribution in [3.8, 4) is 11.1 Å². The van der Waals surface area contributed by atoms with Crippen LogP contribution in [0.5, 0.6) is 0 Å². The van der Waals surface area contributed by atoms with Crippen LogP contribution in [0.15, 0.2) is 54.6 Å². The van der Waals surface area contributed by atoms with E-state index >= 15 is 0 Å². The number of rotatable bonds is 12. The SMILES string of the molecule is CCCCN(CCCC)CCC(C(N)=O)c1ccccc1-c1ccccc1. The first-order valence-corrected chi connectivity index (χ1v) is 10.3. The molecule has 0 aliphatic carbocycles. The van der Waals surface area contributed by atoms with Crippen molar-refractivity contribution in [3.63, 3.8) is 0 Å². The number of carbonyl (C=O) groups excluding carboxylic acids is 1. The Hall–Kier alpha value is -2.13. The highest BCUT2D eigenvalue weighted by Gasteiger charge is 2.22. The van der Waals surface area contributed by atoms with Gasteiger partial charge in [0.2, 0.25) is 5.91 Å². The normalized spacial score (nSPS) is 12.3. The van der Waals surface area contributed by atoms with Crippen LogP contribution in [0.4, 0.5) is 0 Å². The van der Waals surface area contributed by atoms with Crippen LogP contribution in [0.25, 0.3) is 11.1 Å². The zero-order chi connectivity index (χ0) is 19.5. The fraction of sp³-hybridized carbons (Fsp3) is 0.458. The number of nitrogens with two attached hydrogens (primary N) is 1. The van der Waals surface area contributed by atoms with Gasteiger partial charge in [-0.2, -0.15) is 0 Å². The summed E-state index contributed by atoms with van der Waals surface area (Å²) in [5.74, 6) is -0.489. The summed E-state index contributed by atoms with van der Waals surface area (Å²) in [5.41, 5.74) is 9.13. The first-order valence-electron chi connectivity index (χ1n) is 10.3. The minimum Gasteiger partial charge on any atom is -0.369 e. The van der Waals surface area contributed by atoms with Crippen LogP contribution >= 0.6 is 0 Å². The lowest BCUT2D eigenvalue weighted by atomic mass is 9.88. The molecule has 0 saturated carbocycles. The number of benzene rings is 2. The average Bonchev–Trinajstić information content (AvgIpc) is 2.70. The quantitative estimate of drug-likeness (QED) is 0.560. The van der Waals surface area contributed by atoms with Gasteiger partial charge in [-0.3, -0.25) is 4.79 Å². The topological polar surface area (TPSA) is 46.3 Å². The van der Waals surface area contributed by atoms with Gasteiger partial charge in [-0.25, -0.2) is 0 Å². The van der Waals surface area contributed by atoms with Gasteiger partial charge in [-0.15, -0.1) is 0 Å². The summed E-state index contributed by atoms with van der Waals surface area (Å²) >= 11 is 0. The van der Waals surface area contributed by atoms with E-state index < -0.39 is 0 Å². The van der Waals surface area contributed by atoms with Crippen molar-refractivity contribution in [2.45, 2.75) is 51.9 Å². The lowest BCUT2D eigenvalue weighted by molar-refractivity contribution is -0.119. The summed E-state index contributed by atoms with van der Waals surface area (Å²) in [5, 5.41) is 0. The molecule has 2 aromatic carbocycles. The fourth-order valence-electron chi connectivity index (χ4n) is 3.54. The summed E-state index contributed by atoms with van der Waals surface area (Å²) in [7, 11) is 0. The molecule has 1 unspecified atom stereocenters. The van der Waals surface area contributed by atoms with E-state index in [4.69, 9.17) is 5.73 Å². The predicted octanol–water partition coefficient (Wildman–Crippen LogP) is 5.21. The maximum atomic E-state index is 12.3. The molecule has 3 heteroatoms. The van der Waals surface area contributed by atoms with Gasteiger partial charge in [-0.1, -0.05) is 81.3 Å². The third kappa shape index (κ3) is 6.51. The Morgan fingerprint density at radius 1 is 0.889 bits per heavy atom. The zero-order valence-electron chi connectivity index (χ0n) is 16.9. The summed E-state index contributed by atoms with van der Waals surface area (Å²) < 4.78 is 0. The predicted molar refractivity (Wildman–Crippen MR) is 115 cm³/mol. The van der Waals surface area contributed by atoms with E-state index in [1.54, 1.807) is 0 Å². The molecule has 2 aromatic rings. The second kappa shape index (κ2) is 11.6. The maximum absolute atomic E-state index is 12.3. The molecule has 0 radical (unpaired) electrons. The summed E-state index contributed by atoms with van der Waals surface area (Å²) in [4.78, 5) is 14.8. The van der Waals surface area contributed by atoms with Crippen molar-refractivity contribution in [2.75, 3.05) is 19.6 Å². The second-order valence-electron chi connectivity index (χ2n) is 7.25. The van der Waals surface area contributed by atoms with Gasteiger partial charge in [0.15, 0.2) is 0 Å². The van der Waals surface area contributed by atoms with E-state index in [9.17, 15) is 4.79 Å². The van der Waals surface area contributed by atoms with Crippen LogP contribution in [0, 0.1) is 0 Å². The molecule has 0 aliphatic rings. The molecule has 0 aliphatic heterocycles. The molecular formula is C24H34N2O. The Balaban J connectivity index is 2.19. The third-order valence-corrected chi connectivity index (χ3v) is 5.15. The van der Waals surface area contributed by atoms with E-state index in [1.165, 1.54) is 25.7 Å². The number of primary amides is 1. The Labute approximate surface area is 164 Å². The standard InChI is InChI=1S/C24H34N2O/c1-3-5-17-26(18-6-4-2)19-16-23(24(25)27)22-15-11-10-14-21(22)20-12-8-7-9-13-20/h7-15,23H,3-6,16-19H2,1-2H3,(H2,25,27). The van der Waals surface area contributed by atoms with Crippen LogP contribution in [0.3, 0.4) is 0 Å². The molecule has 0 spiro atoms. The Morgan fingerprint density at radius 2 is 1.48 bits per heavy atom. The van der Waals surface area contributed by atoms with Crippen LogP contribution < -0.4 is 5.73 Å². The first-order chi connectivity index (χ1) is 13.2. The molecular weight excluding hydrogens is 332 g/mol. The van der Waals surface area contributed by atoms with Gasteiger partial charge in [-0.05, 0) is 55.6 Å². The van der Waals surface area contributed by atoms with E-state index in [0.29, 0.717) is 0 Å². The van der Waals surface area contributed by atoms with Crippen LogP contribution in [-0.2, 0) is 4.79 Å². The smallest absolute Gasteiger partial charge is 0.225 e. The van der Waals surface area contributed by atoms with E-state index in [0.717, 1.165) is 42.7 Å². The van der Waals surface area contributed by atoms with Crippen molar-refractivity contribution >= 4 is 5.91 Å². The van der Waals surface area contributed by atoms with Crippen LogP contribution in [0.2, 0.25) is 0 Å². The number of hydrogen-bond acceptors (Lipinski definition) is 2. The number of unbranched alkanes of at least 4 members (excludes halogenated alkanes) is 2. The van der Waals surface area contributed by atoms with Gasteiger partial charge in [0.1, 0.15) is 0 Å². The van der Waals surface area contributed by atoms with Gasteiger partial charge in [0, 0.05) is 0 Å². The van der Waals surface area contributed by atoms with E-state index in [-0.39, 0.29) is 11.8 Å². The minimum absolute atomic E-state index is 0.232. The number of carbonyl (C=O) groups is 1. The van der Waals surface area contributed by atoms with E-state index in [2.05, 4.69) is 43.0 Å². The molecule has 1 atom stereocenters. The highest BCUT2D eigenvalue weighted by molar-refractivity contribution is 5.85. The highest BCUT2D eigenvalue weighted by Crippen LogP contribution is 2.31. The second-order valence-corrected chi connectivity index (χ2v) is 7.25. The largest absolute Gasteiger partial charge is 0.369 e. The third-order valence-electron chi connectivity index (χ3n) is 5.15. The molecule has 0 aromatic heterocycles. The molecule has 0 saturated heterocycles. The lowest BCUT2D eigenvalue weighted by Gasteiger charge is -2.25. The average molecular weight is 367 g/mol. The van der Waals surface area contributed by atoms with Crippen molar-refractivity contribution in [1.82, 2.24) is 4.90 Å².